The first-order valence-corrected chi connectivity index (χ1v) is 4.91. The molecular formula is C10H18N2O. The summed E-state index contributed by atoms with van der Waals surface area (Å²) in [5.74, 6) is 0. The lowest BCUT2D eigenvalue weighted by Gasteiger charge is -2.08. The minimum atomic E-state index is -0.363. The van der Waals surface area contributed by atoms with E-state index in [2.05, 4.69) is 18.9 Å². The summed E-state index contributed by atoms with van der Waals surface area (Å²) in [5, 5.41) is 13.8. The van der Waals surface area contributed by atoms with E-state index >= 15 is 0 Å². The standard InChI is InChI=1S/C10H18N2O/c1-4-8(3)12-7-9(6-11-12)10(13)5-2/h6-8,10,13H,4-5H2,1-3H3. The van der Waals surface area contributed by atoms with Crippen LogP contribution < -0.4 is 0 Å². The second-order valence-corrected chi connectivity index (χ2v) is 3.43. The predicted octanol–water partition coefficient (Wildman–Crippen LogP) is 2.30. The third-order valence-corrected chi connectivity index (χ3v) is 2.44. The van der Waals surface area contributed by atoms with Gasteiger partial charge in [0.2, 0.25) is 0 Å². The van der Waals surface area contributed by atoms with E-state index in [1.165, 1.54) is 0 Å². The molecule has 0 saturated heterocycles. The summed E-state index contributed by atoms with van der Waals surface area (Å²) in [6, 6.07) is 0.415. The number of nitrogens with zero attached hydrogens (tertiary/aromatic N) is 2. The van der Waals surface area contributed by atoms with Crippen LogP contribution in [-0.2, 0) is 0 Å². The van der Waals surface area contributed by atoms with Gasteiger partial charge in [0, 0.05) is 17.8 Å². The highest BCUT2D eigenvalue weighted by atomic mass is 16.3. The van der Waals surface area contributed by atoms with Crippen molar-refractivity contribution in [2.45, 2.75) is 45.8 Å². The van der Waals surface area contributed by atoms with Crippen molar-refractivity contribution in [3.05, 3.63) is 18.0 Å². The number of rotatable bonds is 4. The number of aliphatic hydroxyl groups excluding tert-OH is 1. The van der Waals surface area contributed by atoms with Gasteiger partial charge >= 0.3 is 0 Å². The number of hydrogen-bond acceptors (Lipinski definition) is 2. The van der Waals surface area contributed by atoms with Crippen LogP contribution in [0.5, 0.6) is 0 Å². The molecule has 0 fully saturated rings. The summed E-state index contributed by atoms with van der Waals surface area (Å²) >= 11 is 0. The summed E-state index contributed by atoms with van der Waals surface area (Å²) in [6.07, 6.45) is 5.12. The van der Waals surface area contributed by atoms with Gasteiger partial charge in [-0.3, -0.25) is 4.68 Å². The summed E-state index contributed by atoms with van der Waals surface area (Å²) in [6.45, 7) is 6.21. The number of aliphatic hydroxyl groups is 1. The average Bonchev–Trinajstić information content (AvgIpc) is 2.64. The molecule has 13 heavy (non-hydrogen) atoms. The van der Waals surface area contributed by atoms with Crippen LogP contribution in [0.25, 0.3) is 0 Å². The minimum Gasteiger partial charge on any atom is -0.388 e. The Hall–Kier alpha value is -0.830. The Morgan fingerprint density at radius 3 is 2.69 bits per heavy atom. The van der Waals surface area contributed by atoms with Gasteiger partial charge in [-0.25, -0.2) is 0 Å². The van der Waals surface area contributed by atoms with Crippen LogP contribution in [0.2, 0.25) is 0 Å². The van der Waals surface area contributed by atoms with E-state index in [-0.39, 0.29) is 6.10 Å². The maximum absolute atomic E-state index is 9.54. The molecule has 0 aromatic carbocycles. The Morgan fingerprint density at radius 1 is 1.46 bits per heavy atom. The van der Waals surface area contributed by atoms with Crippen LogP contribution in [0.15, 0.2) is 12.4 Å². The molecule has 1 aromatic heterocycles. The van der Waals surface area contributed by atoms with Crippen LogP contribution in [0.3, 0.4) is 0 Å². The molecule has 1 rings (SSSR count). The lowest BCUT2D eigenvalue weighted by atomic mass is 10.1. The fraction of sp³-hybridized carbons (Fsp3) is 0.700. The first-order valence-electron chi connectivity index (χ1n) is 4.91. The van der Waals surface area contributed by atoms with E-state index in [9.17, 15) is 5.11 Å². The fourth-order valence-electron chi connectivity index (χ4n) is 1.19. The van der Waals surface area contributed by atoms with Gasteiger partial charge in [0.15, 0.2) is 0 Å². The van der Waals surface area contributed by atoms with Gasteiger partial charge in [-0.2, -0.15) is 5.10 Å². The largest absolute Gasteiger partial charge is 0.388 e. The molecule has 0 aliphatic heterocycles. The van der Waals surface area contributed by atoms with Gasteiger partial charge in [0.25, 0.3) is 0 Å². The van der Waals surface area contributed by atoms with Gasteiger partial charge in [-0.05, 0) is 19.8 Å². The Kier molecular flexibility index (Phi) is 3.48. The molecule has 0 radical (unpaired) electrons. The van der Waals surface area contributed by atoms with Gasteiger partial charge in [-0.1, -0.05) is 13.8 Å². The third kappa shape index (κ3) is 2.31. The van der Waals surface area contributed by atoms with Crippen molar-refractivity contribution in [3.63, 3.8) is 0 Å². The maximum Gasteiger partial charge on any atom is 0.0817 e. The highest BCUT2D eigenvalue weighted by Gasteiger charge is 2.09. The maximum atomic E-state index is 9.54. The molecule has 74 valence electrons. The van der Waals surface area contributed by atoms with E-state index in [0.29, 0.717) is 6.04 Å². The minimum absolute atomic E-state index is 0.363. The lowest BCUT2D eigenvalue weighted by Crippen LogP contribution is -2.03. The first kappa shape index (κ1) is 10.3. The van der Waals surface area contributed by atoms with E-state index in [1.54, 1.807) is 6.20 Å². The highest BCUT2D eigenvalue weighted by molar-refractivity contribution is 5.07. The molecule has 0 aliphatic rings. The van der Waals surface area contributed by atoms with E-state index < -0.39 is 0 Å². The van der Waals surface area contributed by atoms with Gasteiger partial charge in [0.05, 0.1) is 12.3 Å². The zero-order valence-electron chi connectivity index (χ0n) is 8.57. The van der Waals surface area contributed by atoms with Crippen LogP contribution >= 0.6 is 0 Å². The van der Waals surface area contributed by atoms with Gasteiger partial charge < -0.3 is 5.11 Å². The van der Waals surface area contributed by atoms with Crippen molar-refractivity contribution in [1.29, 1.82) is 0 Å². The van der Waals surface area contributed by atoms with Crippen molar-refractivity contribution in [2.24, 2.45) is 0 Å². The van der Waals surface area contributed by atoms with Crippen LogP contribution in [0.1, 0.15) is 51.3 Å². The molecule has 1 aromatic rings. The second kappa shape index (κ2) is 4.42. The molecule has 3 heteroatoms. The van der Waals surface area contributed by atoms with Gasteiger partial charge in [0.1, 0.15) is 0 Å². The Bertz CT molecular complexity index is 233. The molecular weight excluding hydrogens is 164 g/mol. The van der Waals surface area contributed by atoms with E-state index in [4.69, 9.17) is 0 Å². The number of hydrogen-bond donors (Lipinski definition) is 1. The highest BCUT2D eigenvalue weighted by Crippen LogP contribution is 2.17. The molecule has 0 bridgehead atoms. The first-order chi connectivity index (χ1) is 6.19. The second-order valence-electron chi connectivity index (χ2n) is 3.43. The van der Waals surface area contributed by atoms with E-state index in [1.807, 2.05) is 17.8 Å². The van der Waals surface area contributed by atoms with Crippen molar-refractivity contribution in [3.8, 4) is 0 Å². The molecule has 0 amide bonds. The summed E-state index contributed by atoms with van der Waals surface area (Å²) < 4.78 is 1.91. The van der Waals surface area contributed by atoms with E-state index in [0.717, 1.165) is 18.4 Å². The van der Waals surface area contributed by atoms with Crippen molar-refractivity contribution < 1.29 is 5.11 Å². The zero-order valence-corrected chi connectivity index (χ0v) is 8.57. The SMILES string of the molecule is CCC(O)c1cnn(C(C)CC)c1. The monoisotopic (exact) mass is 182 g/mol. The molecule has 0 spiro atoms. The normalized spacial score (nSPS) is 15.7. The quantitative estimate of drug-likeness (QED) is 0.775. The predicted molar refractivity (Wildman–Crippen MR) is 52.5 cm³/mol. The fourth-order valence-corrected chi connectivity index (χ4v) is 1.19. The molecule has 2 unspecified atom stereocenters. The number of aromatic nitrogens is 2. The van der Waals surface area contributed by atoms with Crippen molar-refractivity contribution in [2.75, 3.05) is 0 Å². The third-order valence-electron chi connectivity index (χ3n) is 2.44. The zero-order chi connectivity index (χ0) is 9.84. The van der Waals surface area contributed by atoms with Gasteiger partial charge in [-0.15, -0.1) is 0 Å². The summed E-state index contributed by atoms with van der Waals surface area (Å²) in [5.41, 5.74) is 0.919. The smallest absolute Gasteiger partial charge is 0.0817 e. The topological polar surface area (TPSA) is 38.1 Å². The molecule has 1 heterocycles. The molecule has 2 atom stereocenters. The average molecular weight is 182 g/mol. The Labute approximate surface area is 79.4 Å². The van der Waals surface area contributed by atoms with Crippen molar-refractivity contribution >= 4 is 0 Å². The molecule has 0 saturated carbocycles. The molecule has 3 nitrogen and oxygen atoms in total. The Morgan fingerprint density at radius 2 is 2.15 bits per heavy atom. The van der Waals surface area contributed by atoms with Crippen molar-refractivity contribution in [1.82, 2.24) is 9.78 Å². The Balaban J connectivity index is 2.74. The van der Waals surface area contributed by atoms with Crippen LogP contribution in [0.4, 0.5) is 0 Å². The molecule has 0 aliphatic carbocycles. The van der Waals surface area contributed by atoms with Crippen LogP contribution in [0, 0.1) is 0 Å². The summed E-state index contributed by atoms with van der Waals surface area (Å²) in [4.78, 5) is 0. The molecule has 1 N–H and O–H groups in total. The summed E-state index contributed by atoms with van der Waals surface area (Å²) in [7, 11) is 0. The lowest BCUT2D eigenvalue weighted by molar-refractivity contribution is 0.173. The van der Waals surface area contributed by atoms with Crippen LogP contribution in [-0.4, -0.2) is 14.9 Å².